The predicted octanol–water partition coefficient (Wildman–Crippen LogP) is 2.85. The third-order valence-electron chi connectivity index (χ3n) is 3.24. The van der Waals surface area contributed by atoms with Gasteiger partial charge in [0.15, 0.2) is 0 Å². The number of hydrogen-bond donors (Lipinski definition) is 2. The molecule has 1 radical (unpaired) electrons. The van der Waals surface area contributed by atoms with Gasteiger partial charge in [-0.15, -0.1) is 0 Å². The molecule has 2 unspecified atom stereocenters. The Bertz CT molecular complexity index is 315. The molecule has 5 heteroatoms. The van der Waals surface area contributed by atoms with Gasteiger partial charge in [0.05, 0.1) is 11.8 Å². The van der Waals surface area contributed by atoms with Crippen LogP contribution >= 0.6 is 0 Å². The Labute approximate surface area is 124 Å². The van der Waals surface area contributed by atoms with Crippen molar-refractivity contribution < 1.29 is 36.9 Å². The number of carbonyl (C=O) groups is 2. The van der Waals surface area contributed by atoms with E-state index < -0.39 is 11.9 Å². The molecular formula is C14H20CuO4. The average molecular weight is 316 g/mol. The molecule has 2 aliphatic carbocycles. The topological polar surface area (TPSA) is 74.6 Å². The smallest absolute Gasteiger partial charge is 0.306 e. The second kappa shape index (κ2) is 9.82. The molecule has 19 heavy (non-hydrogen) atoms. The van der Waals surface area contributed by atoms with Crippen molar-refractivity contribution in [3.05, 3.63) is 24.3 Å². The molecule has 4 nitrogen and oxygen atoms in total. The molecule has 0 heterocycles. The van der Waals surface area contributed by atoms with Crippen LogP contribution in [0.4, 0.5) is 0 Å². The summed E-state index contributed by atoms with van der Waals surface area (Å²) in [6.45, 7) is 0. The summed E-state index contributed by atoms with van der Waals surface area (Å²) in [7, 11) is 0. The van der Waals surface area contributed by atoms with Crippen molar-refractivity contribution >= 4 is 11.9 Å². The Hall–Kier alpha value is -1.06. The van der Waals surface area contributed by atoms with Crippen LogP contribution in [-0.4, -0.2) is 22.2 Å². The van der Waals surface area contributed by atoms with Gasteiger partial charge in [0.1, 0.15) is 0 Å². The monoisotopic (exact) mass is 315 g/mol. The second-order valence-corrected chi connectivity index (χ2v) is 4.64. The van der Waals surface area contributed by atoms with E-state index in [2.05, 4.69) is 0 Å². The van der Waals surface area contributed by atoms with Crippen LogP contribution in [0.15, 0.2) is 24.3 Å². The van der Waals surface area contributed by atoms with Gasteiger partial charge >= 0.3 is 11.9 Å². The third-order valence-corrected chi connectivity index (χ3v) is 3.24. The van der Waals surface area contributed by atoms with E-state index in [1.807, 2.05) is 24.3 Å². The van der Waals surface area contributed by atoms with Crippen LogP contribution in [0.2, 0.25) is 0 Å². The summed E-state index contributed by atoms with van der Waals surface area (Å²) in [6, 6.07) is 0. The molecule has 0 saturated carbocycles. The Morgan fingerprint density at radius 3 is 1.32 bits per heavy atom. The minimum Gasteiger partial charge on any atom is -0.481 e. The molecule has 2 atom stereocenters. The number of carboxylic acids is 2. The molecule has 2 rings (SSSR count). The first-order valence-electron chi connectivity index (χ1n) is 6.37. The van der Waals surface area contributed by atoms with Gasteiger partial charge in [-0.1, -0.05) is 24.3 Å². The van der Waals surface area contributed by atoms with E-state index in [9.17, 15) is 9.59 Å². The third kappa shape index (κ3) is 7.18. The van der Waals surface area contributed by atoms with Crippen molar-refractivity contribution in [1.29, 1.82) is 0 Å². The largest absolute Gasteiger partial charge is 0.481 e. The zero-order chi connectivity index (χ0) is 13.4. The maximum Gasteiger partial charge on any atom is 0.306 e. The first-order valence-corrected chi connectivity index (χ1v) is 6.37. The first-order chi connectivity index (χ1) is 8.61. The fourth-order valence-electron chi connectivity index (χ4n) is 2.04. The molecule has 2 N–H and O–H groups in total. The summed E-state index contributed by atoms with van der Waals surface area (Å²) in [6.07, 6.45) is 12.9. The van der Waals surface area contributed by atoms with Gasteiger partial charge in [0.2, 0.25) is 0 Å². The SMILES string of the molecule is O=C(O)C1CC=CCC1.O=C(O)C1CC=CCC1.[Cu]. The van der Waals surface area contributed by atoms with Gasteiger partial charge in [0.25, 0.3) is 0 Å². The van der Waals surface area contributed by atoms with Crippen molar-refractivity contribution in [1.82, 2.24) is 0 Å². The fourth-order valence-corrected chi connectivity index (χ4v) is 2.04. The zero-order valence-corrected chi connectivity index (χ0v) is 11.7. The summed E-state index contributed by atoms with van der Waals surface area (Å²) in [5.74, 6) is -1.54. The van der Waals surface area contributed by atoms with Crippen molar-refractivity contribution in [2.24, 2.45) is 11.8 Å². The van der Waals surface area contributed by atoms with Crippen LogP contribution in [0.5, 0.6) is 0 Å². The Morgan fingerprint density at radius 2 is 1.16 bits per heavy atom. The van der Waals surface area contributed by atoms with E-state index in [0.717, 1.165) is 38.5 Å². The minimum atomic E-state index is -0.653. The molecule has 0 amide bonds. The summed E-state index contributed by atoms with van der Waals surface area (Å²) >= 11 is 0. The van der Waals surface area contributed by atoms with Crippen LogP contribution in [-0.2, 0) is 26.7 Å². The molecule has 2 aliphatic rings. The standard InChI is InChI=1S/2C7H10O2.Cu/c2*8-7(9)6-4-2-1-3-5-6;/h2*1-2,6H,3-5H2,(H,8,9);. The van der Waals surface area contributed by atoms with Gasteiger partial charge in [-0.25, -0.2) is 0 Å². The van der Waals surface area contributed by atoms with Gasteiger partial charge in [-0.3, -0.25) is 9.59 Å². The first kappa shape index (κ1) is 17.9. The fraction of sp³-hybridized carbons (Fsp3) is 0.571. The predicted molar refractivity (Wildman–Crippen MR) is 68.2 cm³/mol. The molecule has 0 aromatic rings. The van der Waals surface area contributed by atoms with Crippen molar-refractivity contribution in [3.63, 3.8) is 0 Å². The molecule has 111 valence electrons. The average Bonchev–Trinajstić information content (AvgIpc) is 2.41. The summed E-state index contributed by atoms with van der Waals surface area (Å²) < 4.78 is 0. The molecular weight excluding hydrogens is 296 g/mol. The summed E-state index contributed by atoms with van der Waals surface area (Å²) in [4.78, 5) is 20.6. The van der Waals surface area contributed by atoms with E-state index in [4.69, 9.17) is 10.2 Å². The molecule has 0 aromatic carbocycles. The maximum atomic E-state index is 10.3. The molecule has 0 aromatic heterocycles. The summed E-state index contributed by atoms with van der Waals surface area (Å²) in [5, 5.41) is 17.0. The van der Waals surface area contributed by atoms with Crippen molar-refractivity contribution in [2.45, 2.75) is 38.5 Å². The Balaban J connectivity index is 0.000000324. The van der Waals surface area contributed by atoms with Gasteiger partial charge < -0.3 is 10.2 Å². The maximum absolute atomic E-state index is 10.3. The van der Waals surface area contributed by atoms with Crippen LogP contribution in [0.1, 0.15) is 38.5 Å². The van der Waals surface area contributed by atoms with Crippen LogP contribution in [0.3, 0.4) is 0 Å². The van der Waals surface area contributed by atoms with Gasteiger partial charge in [-0.2, -0.15) is 0 Å². The van der Waals surface area contributed by atoms with Gasteiger partial charge in [-0.05, 0) is 38.5 Å². The van der Waals surface area contributed by atoms with Gasteiger partial charge in [0, 0.05) is 17.1 Å². The number of carboxylic acid groups (broad SMARTS) is 2. The number of allylic oxidation sites excluding steroid dienone is 4. The van der Waals surface area contributed by atoms with Crippen LogP contribution < -0.4 is 0 Å². The van der Waals surface area contributed by atoms with E-state index >= 15 is 0 Å². The number of aliphatic carboxylic acids is 2. The van der Waals surface area contributed by atoms with E-state index in [-0.39, 0.29) is 28.9 Å². The molecule has 0 fully saturated rings. The Kier molecular flexibility index (Phi) is 9.27. The molecule has 0 spiro atoms. The summed E-state index contributed by atoms with van der Waals surface area (Å²) in [5.41, 5.74) is 0. The van der Waals surface area contributed by atoms with E-state index in [1.165, 1.54) is 0 Å². The van der Waals surface area contributed by atoms with E-state index in [1.54, 1.807) is 0 Å². The van der Waals surface area contributed by atoms with Crippen molar-refractivity contribution in [3.8, 4) is 0 Å². The second-order valence-electron chi connectivity index (χ2n) is 4.64. The number of hydrogen-bond acceptors (Lipinski definition) is 2. The minimum absolute atomic E-state index is 0. The normalized spacial score (nSPS) is 24.6. The van der Waals surface area contributed by atoms with E-state index in [0.29, 0.717) is 0 Å². The quantitative estimate of drug-likeness (QED) is 0.607. The number of rotatable bonds is 2. The Morgan fingerprint density at radius 1 is 0.789 bits per heavy atom. The molecule has 0 bridgehead atoms. The van der Waals surface area contributed by atoms with Crippen LogP contribution in [0.25, 0.3) is 0 Å². The van der Waals surface area contributed by atoms with Crippen LogP contribution in [0, 0.1) is 11.8 Å². The molecule has 0 aliphatic heterocycles. The van der Waals surface area contributed by atoms with Crippen molar-refractivity contribution in [2.75, 3.05) is 0 Å². The molecule has 0 saturated heterocycles. The zero-order valence-electron chi connectivity index (χ0n) is 10.7.